The number of nitrogens with two attached hydrogens (primary N) is 2. The molecule has 1 aromatic heterocycles. The molecule has 0 atom stereocenters. The van der Waals surface area contributed by atoms with Crippen LogP contribution in [0.5, 0.6) is 0 Å². The number of hydrogen-bond acceptors (Lipinski definition) is 2. The molecule has 4 nitrogen and oxygen atoms in total. The number of carbonyl (C=O) groups excluding carboxylic acids is 2. The zero-order chi connectivity index (χ0) is 14.5. The van der Waals surface area contributed by atoms with E-state index in [1.165, 1.54) is 0 Å². The topological polar surface area (TPSA) is 86.2 Å². The molecule has 2 aromatic rings. The molecule has 0 aliphatic rings. The van der Waals surface area contributed by atoms with E-state index in [4.69, 9.17) is 11.5 Å². The minimum atomic E-state index is -0.455. The van der Waals surface area contributed by atoms with E-state index in [-0.39, 0.29) is 0 Å². The molecule has 2 rings (SSSR count). The molecule has 1 heterocycles. The van der Waals surface area contributed by atoms with Gasteiger partial charge < -0.3 is 0 Å². The van der Waals surface area contributed by atoms with Gasteiger partial charge in [-0.2, -0.15) is 0 Å². The third kappa shape index (κ3) is 1.90. The summed E-state index contributed by atoms with van der Waals surface area (Å²) in [7, 11) is 0. The standard InChI is InChI=1S/C14H16N2O2Se/c1-5-6(2)8(4)10-9(7(5)3)11(13(15)17)19-12(10)14(16)18/h1-4H3,(H2,15,17)(H2,16,18). The number of benzene rings is 1. The van der Waals surface area contributed by atoms with E-state index in [0.29, 0.717) is 8.87 Å². The molecule has 0 fully saturated rings. The van der Waals surface area contributed by atoms with Gasteiger partial charge in [-0.1, -0.05) is 0 Å². The second-order valence-corrected chi connectivity index (χ2v) is 6.88. The van der Waals surface area contributed by atoms with Gasteiger partial charge in [-0.25, -0.2) is 0 Å². The van der Waals surface area contributed by atoms with Crippen molar-refractivity contribution < 1.29 is 9.59 Å². The monoisotopic (exact) mass is 324 g/mol. The summed E-state index contributed by atoms with van der Waals surface area (Å²) in [6.07, 6.45) is 0. The van der Waals surface area contributed by atoms with E-state index in [1.54, 1.807) is 0 Å². The second-order valence-electron chi connectivity index (χ2n) is 4.74. The predicted molar refractivity (Wildman–Crippen MR) is 76.9 cm³/mol. The zero-order valence-electron chi connectivity index (χ0n) is 11.4. The Labute approximate surface area is 117 Å². The molecule has 4 N–H and O–H groups in total. The first-order valence-electron chi connectivity index (χ1n) is 5.89. The van der Waals surface area contributed by atoms with Gasteiger partial charge in [0.25, 0.3) is 0 Å². The summed E-state index contributed by atoms with van der Waals surface area (Å²) in [5.41, 5.74) is 15.2. The first kappa shape index (κ1) is 13.8. The van der Waals surface area contributed by atoms with Gasteiger partial charge in [-0.05, 0) is 0 Å². The molecule has 5 heteroatoms. The minimum absolute atomic E-state index is 0.393. The molecule has 0 bridgehead atoms. The third-order valence-electron chi connectivity index (χ3n) is 3.79. The van der Waals surface area contributed by atoms with Crippen molar-refractivity contribution in [2.75, 3.05) is 0 Å². The normalized spacial score (nSPS) is 10.9. The van der Waals surface area contributed by atoms with E-state index in [9.17, 15) is 9.59 Å². The van der Waals surface area contributed by atoms with Crippen molar-refractivity contribution >= 4 is 37.1 Å². The summed E-state index contributed by atoms with van der Waals surface area (Å²) < 4.78 is 1.11. The summed E-state index contributed by atoms with van der Waals surface area (Å²) in [4.78, 5) is 23.3. The fourth-order valence-corrected chi connectivity index (χ4v) is 4.78. The summed E-state index contributed by atoms with van der Waals surface area (Å²) in [6, 6.07) is 0. The quantitative estimate of drug-likeness (QED) is 0.817. The van der Waals surface area contributed by atoms with Crippen LogP contribution in [0.3, 0.4) is 0 Å². The molecule has 0 saturated carbocycles. The van der Waals surface area contributed by atoms with Gasteiger partial charge in [0.1, 0.15) is 0 Å². The van der Waals surface area contributed by atoms with Crippen molar-refractivity contribution in [1.29, 1.82) is 0 Å². The molecule has 0 aliphatic carbocycles. The van der Waals surface area contributed by atoms with Crippen LogP contribution < -0.4 is 11.5 Å². The molecule has 19 heavy (non-hydrogen) atoms. The van der Waals surface area contributed by atoms with E-state index in [2.05, 4.69) is 0 Å². The predicted octanol–water partition coefficient (Wildman–Crippen LogP) is 1.33. The second kappa shape index (κ2) is 4.51. The Hall–Kier alpha value is -1.58. The number of carbonyl (C=O) groups is 2. The molecule has 2 amide bonds. The number of aryl methyl sites for hydroxylation is 2. The zero-order valence-corrected chi connectivity index (χ0v) is 13.1. The molecule has 0 aliphatic heterocycles. The van der Waals surface area contributed by atoms with Gasteiger partial charge in [0.15, 0.2) is 0 Å². The van der Waals surface area contributed by atoms with Gasteiger partial charge in [0.05, 0.1) is 0 Å². The first-order chi connectivity index (χ1) is 8.77. The van der Waals surface area contributed by atoms with E-state index in [0.717, 1.165) is 33.0 Å². The number of hydrogen-bond donors (Lipinski definition) is 2. The van der Waals surface area contributed by atoms with Gasteiger partial charge in [0.2, 0.25) is 0 Å². The van der Waals surface area contributed by atoms with Crippen LogP contribution in [0.4, 0.5) is 0 Å². The van der Waals surface area contributed by atoms with Crippen molar-refractivity contribution in [1.82, 2.24) is 0 Å². The van der Waals surface area contributed by atoms with Crippen LogP contribution in [0, 0.1) is 27.7 Å². The molecule has 0 unspecified atom stereocenters. The average Bonchev–Trinajstić information content (AvgIpc) is 2.74. The number of primary amides is 2. The fourth-order valence-electron chi connectivity index (χ4n) is 2.43. The average molecular weight is 323 g/mol. The van der Waals surface area contributed by atoms with Crippen molar-refractivity contribution in [2.45, 2.75) is 27.7 Å². The Morgan fingerprint density at radius 2 is 1.05 bits per heavy atom. The van der Waals surface area contributed by atoms with Crippen molar-refractivity contribution in [3.63, 3.8) is 0 Å². The van der Waals surface area contributed by atoms with E-state index >= 15 is 0 Å². The van der Waals surface area contributed by atoms with Crippen LogP contribution in [0.1, 0.15) is 40.7 Å². The number of amides is 2. The van der Waals surface area contributed by atoms with Crippen LogP contribution in [-0.2, 0) is 0 Å². The van der Waals surface area contributed by atoms with Crippen molar-refractivity contribution in [2.24, 2.45) is 11.5 Å². The maximum atomic E-state index is 11.6. The molecule has 0 spiro atoms. The summed E-state index contributed by atoms with van der Waals surface area (Å²) in [6.45, 7) is 7.96. The number of fused-ring (bicyclic) bond motifs is 1. The molecule has 0 radical (unpaired) electrons. The SMILES string of the molecule is Cc1c(C)c(C)c2c(C(N)=O)[se]c(C(N)=O)c2c1C. The Balaban J connectivity index is 3.12. The molecule has 1 aromatic carbocycles. The maximum absolute atomic E-state index is 11.6. The molecule has 0 saturated heterocycles. The van der Waals surface area contributed by atoms with Crippen LogP contribution in [-0.4, -0.2) is 26.3 Å². The molecular weight excluding hydrogens is 307 g/mol. The Kier molecular flexibility index (Phi) is 3.29. The van der Waals surface area contributed by atoms with E-state index in [1.807, 2.05) is 27.7 Å². The van der Waals surface area contributed by atoms with Gasteiger partial charge in [-0.15, -0.1) is 0 Å². The Bertz CT molecular complexity index is 669. The summed E-state index contributed by atoms with van der Waals surface area (Å²) >= 11 is -0.393. The molecule has 100 valence electrons. The first-order valence-corrected chi connectivity index (χ1v) is 7.61. The van der Waals surface area contributed by atoms with Crippen LogP contribution in [0.2, 0.25) is 0 Å². The summed E-state index contributed by atoms with van der Waals surface area (Å²) in [5, 5.41) is 1.67. The van der Waals surface area contributed by atoms with Crippen LogP contribution >= 0.6 is 0 Å². The number of rotatable bonds is 2. The Morgan fingerprint density at radius 1 is 0.737 bits per heavy atom. The Morgan fingerprint density at radius 3 is 1.32 bits per heavy atom. The van der Waals surface area contributed by atoms with Crippen molar-refractivity contribution in [3.8, 4) is 0 Å². The molecular formula is C14H16N2O2Se. The van der Waals surface area contributed by atoms with Gasteiger partial charge in [0, 0.05) is 0 Å². The van der Waals surface area contributed by atoms with Crippen molar-refractivity contribution in [3.05, 3.63) is 31.1 Å². The summed E-state index contributed by atoms with van der Waals surface area (Å²) in [5.74, 6) is -0.911. The van der Waals surface area contributed by atoms with Gasteiger partial charge >= 0.3 is 117 Å². The van der Waals surface area contributed by atoms with Crippen LogP contribution in [0.15, 0.2) is 0 Å². The third-order valence-corrected chi connectivity index (χ3v) is 6.35. The van der Waals surface area contributed by atoms with E-state index < -0.39 is 26.3 Å². The fraction of sp³-hybridized carbons (Fsp3) is 0.286. The van der Waals surface area contributed by atoms with Gasteiger partial charge in [-0.3, -0.25) is 0 Å². The van der Waals surface area contributed by atoms with Crippen LogP contribution in [0.25, 0.3) is 10.8 Å².